The van der Waals surface area contributed by atoms with Crippen molar-refractivity contribution in [3.63, 3.8) is 0 Å². The summed E-state index contributed by atoms with van der Waals surface area (Å²) in [5.74, 6) is -1.70. The van der Waals surface area contributed by atoms with E-state index in [0.29, 0.717) is 47.0 Å². The van der Waals surface area contributed by atoms with Gasteiger partial charge in [0, 0.05) is 25.1 Å². The van der Waals surface area contributed by atoms with Crippen LogP contribution in [0.5, 0.6) is 0 Å². The van der Waals surface area contributed by atoms with E-state index in [-0.39, 0.29) is 30.1 Å². The number of carbonyl (C=O) groups excluding carboxylic acids is 2. The normalized spacial score (nSPS) is 10.8. The standard InChI is InChI=1S/C21H20N2O6/c24-18(8-9-19(25)26)22-10-3-11-23-21(28)13-6-7-17-15(12-13)20(27)14-4-1-2-5-16(14)29-17/h1-2,4-7,12H,3,8-11H2,(H,22,24)(H,23,28)(H,25,26). The maximum absolute atomic E-state index is 12.7. The maximum atomic E-state index is 12.7. The van der Waals surface area contributed by atoms with Crippen LogP contribution in [0.1, 0.15) is 29.6 Å². The minimum atomic E-state index is -1.02. The third-order valence-electron chi connectivity index (χ3n) is 4.37. The average Bonchev–Trinajstić information content (AvgIpc) is 2.72. The van der Waals surface area contributed by atoms with Gasteiger partial charge in [0.1, 0.15) is 11.2 Å². The van der Waals surface area contributed by atoms with Crippen molar-refractivity contribution in [2.24, 2.45) is 0 Å². The zero-order valence-corrected chi connectivity index (χ0v) is 15.6. The zero-order valence-electron chi connectivity index (χ0n) is 15.6. The summed E-state index contributed by atoms with van der Waals surface area (Å²) in [6.45, 7) is 0.647. The molecule has 29 heavy (non-hydrogen) atoms. The van der Waals surface area contributed by atoms with Crippen LogP contribution >= 0.6 is 0 Å². The Morgan fingerprint density at radius 2 is 1.62 bits per heavy atom. The number of hydrogen-bond acceptors (Lipinski definition) is 5. The van der Waals surface area contributed by atoms with Crippen LogP contribution in [0.25, 0.3) is 21.9 Å². The highest BCUT2D eigenvalue weighted by Crippen LogP contribution is 2.19. The number of carboxylic acids is 1. The molecule has 8 heteroatoms. The lowest BCUT2D eigenvalue weighted by Gasteiger charge is -2.07. The van der Waals surface area contributed by atoms with E-state index in [4.69, 9.17) is 9.52 Å². The Morgan fingerprint density at radius 1 is 0.897 bits per heavy atom. The van der Waals surface area contributed by atoms with Crippen LogP contribution in [-0.4, -0.2) is 36.0 Å². The first-order valence-corrected chi connectivity index (χ1v) is 9.18. The van der Waals surface area contributed by atoms with Gasteiger partial charge in [0.05, 0.1) is 17.2 Å². The van der Waals surface area contributed by atoms with Crippen molar-refractivity contribution in [1.29, 1.82) is 0 Å². The smallest absolute Gasteiger partial charge is 0.303 e. The van der Waals surface area contributed by atoms with E-state index in [1.54, 1.807) is 36.4 Å². The molecule has 2 aromatic carbocycles. The number of carbonyl (C=O) groups is 3. The summed E-state index contributed by atoms with van der Waals surface area (Å²) in [6.07, 6.45) is 0.203. The van der Waals surface area contributed by atoms with Crippen molar-refractivity contribution in [3.8, 4) is 0 Å². The molecule has 3 N–H and O–H groups in total. The Morgan fingerprint density at radius 3 is 2.41 bits per heavy atom. The number of amides is 2. The van der Waals surface area contributed by atoms with Gasteiger partial charge in [-0.15, -0.1) is 0 Å². The molecule has 0 fully saturated rings. The number of fused-ring (bicyclic) bond motifs is 2. The van der Waals surface area contributed by atoms with Gasteiger partial charge in [-0.25, -0.2) is 0 Å². The third kappa shape index (κ3) is 4.98. The fourth-order valence-corrected chi connectivity index (χ4v) is 2.87. The van der Waals surface area contributed by atoms with Gasteiger partial charge in [-0.2, -0.15) is 0 Å². The number of rotatable bonds is 8. The van der Waals surface area contributed by atoms with Crippen LogP contribution in [0.3, 0.4) is 0 Å². The molecule has 0 bridgehead atoms. The van der Waals surface area contributed by atoms with Crippen molar-refractivity contribution in [2.75, 3.05) is 13.1 Å². The molecule has 3 rings (SSSR count). The number of carboxylic acid groups (broad SMARTS) is 1. The molecule has 0 aliphatic heterocycles. The molecule has 0 radical (unpaired) electrons. The SMILES string of the molecule is O=C(O)CCC(=O)NCCCNC(=O)c1ccc2oc3ccccc3c(=O)c2c1. The molecule has 1 heterocycles. The zero-order chi connectivity index (χ0) is 20.8. The second-order valence-corrected chi connectivity index (χ2v) is 6.49. The summed E-state index contributed by atoms with van der Waals surface area (Å²) < 4.78 is 5.72. The number of nitrogens with one attached hydrogen (secondary N) is 2. The molecule has 0 spiro atoms. The molecule has 8 nitrogen and oxygen atoms in total. The lowest BCUT2D eigenvalue weighted by atomic mass is 10.1. The van der Waals surface area contributed by atoms with Crippen molar-refractivity contribution >= 4 is 39.7 Å². The fraction of sp³-hybridized carbons (Fsp3) is 0.238. The predicted molar refractivity (Wildman–Crippen MR) is 107 cm³/mol. The van der Waals surface area contributed by atoms with Gasteiger partial charge < -0.3 is 20.2 Å². The Kier molecular flexibility index (Phi) is 6.23. The number of hydrogen-bond donors (Lipinski definition) is 3. The molecule has 0 aliphatic rings. The number of para-hydroxylation sites is 1. The molecule has 0 atom stereocenters. The van der Waals surface area contributed by atoms with E-state index >= 15 is 0 Å². The van der Waals surface area contributed by atoms with E-state index in [0.717, 1.165) is 0 Å². The molecular weight excluding hydrogens is 376 g/mol. The van der Waals surface area contributed by atoms with Crippen molar-refractivity contribution < 1.29 is 23.9 Å². The van der Waals surface area contributed by atoms with Crippen LogP contribution in [0, 0.1) is 0 Å². The summed E-state index contributed by atoms with van der Waals surface area (Å²) in [6, 6.07) is 11.6. The van der Waals surface area contributed by atoms with Gasteiger partial charge in [0.2, 0.25) is 11.3 Å². The summed E-state index contributed by atoms with van der Waals surface area (Å²) in [7, 11) is 0. The highest BCUT2D eigenvalue weighted by molar-refractivity contribution is 5.99. The molecule has 1 aromatic heterocycles. The van der Waals surface area contributed by atoms with Crippen LogP contribution in [0.4, 0.5) is 0 Å². The van der Waals surface area contributed by atoms with E-state index in [2.05, 4.69) is 10.6 Å². The third-order valence-corrected chi connectivity index (χ3v) is 4.37. The first kappa shape index (κ1) is 20.1. The summed E-state index contributed by atoms with van der Waals surface area (Å²) in [5.41, 5.74) is 1.05. The molecule has 3 aromatic rings. The van der Waals surface area contributed by atoms with E-state index < -0.39 is 5.97 Å². The lowest BCUT2D eigenvalue weighted by molar-refractivity contribution is -0.138. The topological polar surface area (TPSA) is 126 Å². The van der Waals surface area contributed by atoms with E-state index in [1.165, 1.54) is 6.07 Å². The molecule has 150 valence electrons. The Balaban J connectivity index is 1.58. The molecule has 2 amide bonds. The second-order valence-electron chi connectivity index (χ2n) is 6.49. The van der Waals surface area contributed by atoms with Crippen molar-refractivity contribution in [3.05, 3.63) is 58.3 Å². The Labute approximate surface area is 165 Å². The Hall–Kier alpha value is -3.68. The Bertz CT molecular complexity index is 1130. The van der Waals surface area contributed by atoms with E-state index in [9.17, 15) is 19.2 Å². The summed E-state index contributed by atoms with van der Waals surface area (Å²) in [4.78, 5) is 46.8. The lowest BCUT2D eigenvalue weighted by Crippen LogP contribution is -2.30. The molecule has 0 saturated carbocycles. The molecular formula is C21H20N2O6. The molecule has 0 aliphatic carbocycles. The first-order chi connectivity index (χ1) is 14.0. The minimum absolute atomic E-state index is 0.0734. The fourth-order valence-electron chi connectivity index (χ4n) is 2.87. The first-order valence-electron chi connectivity index (χ1n) is 9.18. The van der Waals surface area contributed by atoms with Gasteiger partial charge in [-0.3, -0.25) is 19.2 Å². The molecule has 0 saturated heterocycles. The monoisotopic (exact) mass is 396 g/mol. The molecule has 0 unspecified atom stereocenters. The highest BCUT2D eigenvalue weighted by Gasteiger charge is 2.11. The average molecular weight is 396 g/mol. The van der Waals surface area contributed by atoms with Gasteiger partial charge in [-0.05, 0) is 36.8 Å². The quantitative estimate of drug-likeness (QED) is 0.395. The van der Waals surface area contributed by atoms with Crippen molar-refractivity contribution in [2.45, 2.75) is 19.3 Å². The van der Waals surface area contributed by atoms with Crippen molar-refractivity contribution in [1.82, 2.24) is 10.6 Å². The van der Waals surface area contributed by atoms with Crippen LogP contribution in [0.15, 0.2) is 51.7 Å². The maximum Gasteiger partial charge on any atom is 0.303 e. The van der Waals surface area contributed by atoms with Gasteiger partial charge in [0.15, 0.2) is 0 Å². The van der Waals surface area contributed by atoms with Gasteiger partial charge >= 0.3 is 5.97 Å². The summed E-state index contributed by atoms with van der Waals surface area (Å²) >= 11 is 0. The predicted octanol–water partition coefficient (Wildman–Crippen LogP) is 2.05. The highest BCUT2D eigenvalue weighted by atomic mass is 16.4. The second kappa shape index (κ2) is 9.01. The number of aliphatic carboxylic acids is 1. The van der Waals surface area contributed by atoms with Gasteiger partial charge in [0.25, 0.3) is 5.91 Å². The van der Waals surface area contributed by atoms with E-state index in [1.807, 2.05) is 0 Å². The van der Waals surface area contributed by atoms with Gasteiger partial charge in [-0.1, -0.05) is 12.1 Å². The number of benzene rings is 2. The summed E-state index contributed by atoms with van der Waals surface area (Å²) in [5, 5.41) is 14.6. The van der Waals surface area contributed by atoms with Crippen LogP contribution in [-0.2, 0) is 9.59 Å². The minimum Gasteiger partial charge on any atom is -0.481 e. The van der Waals surface area contributed by atoms with Crippen LogP contribution in [0.2, 0.25) is 0 Å². The largest absolute Gasteiger partial charge is 0.481 e. The van der Waals surface area contributed by atoms with Crippen LogP contribution < -0.4 is 16.1 Å².